The first-order valence-corrected chi connectivity index (χ1v) is 7.94. The van der Waals surface area contributed by atoms with E-state index in [0.29, 0.717) is 18.7 Å². The molecule has 6 heteroatoms. The minimum Gasteiger partial charge on any atom is -0.491 e. The van der Waals surface area contributed by atoms with Gasteiger partial charge in [-0.05, 0) is 44.5 Å². The molecule has 0 radical (unpaired) electrons. The second kappa shape index (κ2) is 5.38. The van der Waals surface area contributed by atoms with Crippen LogP contribution in [0.1, 0.15) is 20.3 Å². The molecule has 0 saturated carbocycles. The van der Waals surface area contributed by atoms with Crippen LogP contribution in [0.15, 0.2) is 24.3 Å². The minimum atomic E-state index is -3.30. The van der Waals surface area contributed by atoms with Crippen molar-refractivity contribution in [1.82, 2.24) is 0 Å². The first-order chi connectivity index (χ1) is 8.95. The van der Waals surface area contributed by atoms with Gasteiger partial charge in [0, 0.05) is 13.1 Å². The van der Waals surface area contributed by atoms with Gasteiger partial charge in [0.05, 0.1) is 17.0 Å². The number of nitrogens with two attached hydrogens (primary N) is 1. The van der Waals surface area contributed by atoms with E-state index in [9.17, 15) is 8.42 Å². The fraction of sp³-hybridized carbons (Fsp3) is 0.538. The summed E-state index contributed by atoms with van der Waals surface area (Å²) < 4.78 is 31.4. The van der Waals surface area contributed by atoms with Gasteiger partial charge in [-0.2, -0.15) is 0 Å². The molecule has 0 bridgehead atoms. The summed E-state index contributed by atoms with van der Waals surface area (Å²) >= 11 is 0. The van der Waals surface area contributed by atoms with Crippen molar-refractivity contribution in [2.45, 2.75) is 31.6 Å². The van der Waals surface area contributed by atoms with E-state index in [2.05, 4.69) is 0 Å². The van der Waals surface area contributed by atoms with Crippen molar-refractivity contribution in [3.05, 3.63) is 24.3 Å². The Morgan fingerprint density at radius 1 is 1.37 bits per heavy atom. The minimum absolute atomic E-state index is 0.1000. The Morgan fingerprint density at radius 3 is 2.47 bits per heavy atom. The van der Waals surface area contributed by atoms with Gasteiger partial charge in [0.1, 0.15) is 5.75 Å². The summed E-state index contributed by atoms with van der Waals surface area (Å²) in [4.78, 5) is 0. The molecule has 0 spiro atoms. The van der Waals surface area contributed by atoms with Crippen LogP contribution in [0.4, 0.5) is 5.69 Å². The number of rotatable bonds is 4. The Balaban J connectivity index is 2.19. The third-order valence-electron chi connectivity index (χ3n) is 3.14. The first kappa shape index (κ1) is 14.1. The summed E-state index contributed by atoms with van der Waals surface area (Å²) in [5, 5.41) is -0.459. The van der Waals surface area contributed by atoms with Crippen molar-refractivity contribution in [3.8, 4) is 5.75 Å². The molecule has 1 aromatic rings. The molecule has 0 aromatic heterocycles. The van der Waals surface area contributed by atoms with Gasteiger partial charge in [0.15, 0.2) is 0 Å². The topological polar surface area (TPSA) is 72.6 Å². The highest BCUT2D eigenvalue weighted by molar-refractivity contribution is 7.93. The Morgan fingerprint density at radius 2 is 2.00 bits per heavy atom. The molecule has 1 atom stereocenters. The summed E-state index contributed by atoms with van der Waals surface area (Å²) in [5.41, 5.74) is 6.18. The van der Waals surface area contributed by atoms with E-state index in [-0.39, 0.29) is 12.6 Å². The van der Waals surface area contributed by atoms with Crippen LogP contribution >= 0.6 is 0 Å². The molecule has 0 amide bonds. The van der Waals surface area contributed by atoms with Gasteiger partial charge in [-0.1, -0.05) is 0 Å². The molecule has 1 aliphatic heterocycles. The van der Waals surface area contributed by atoms with Crippen LogP contribution in [0, 0.1) is 0 Å². The van der Waals surface area contributed by atoms with Gasteiger partial charge in [-0.15, -0.1) is 0 Å². The summed E-state index contributed by atoms with van der Waals surface area (Å²) in [7, 11) is -3.30. The average Bonchev–Trinajstić information content (AvgIpc) is 2.64. The lowest BCUT2D eigenvalue weighted by Crippen LogP contribution is -2.33. The van der Waals surface area contributed by atoms with E-state index in [1.807, 2.05) is 13.8 Å². The molecule has 1 aromatic carbocycles. The molecule has 1 fully saturated rings. The van der Waals surface area contributed by atoms with Crippen molar-refractivity contribution in [2.24, 2.45) is 5.73 Å². The normalized spacial score (nSPS) is 21.9. The second-order valence-corrected chi connectivity index (χ2v) is 7.06. The largest absolute Gasteiger partial charge is 0.491 e. The second-order valence-electron chi connectivity index (χ2n) is 4.92. The Labute approximate surface area is 114 Å². The molecule has 2 N–H and O–H groups in total. The molecule has 19 heavy (non-hydrogen) atoms. The first-order valence-electron chi connectivity index (χ1n) is 6.43. The van der Waals surface area contributed by atoms with Gasteiger partial charge >= 0.3 is 0 Å². The number of hydrogen-bond acceptors (Lipinski definition) is 4. The van der Waals surface area contributed by atoms with Crippen LogP contribution in [-0.4, -0.2) is 32.9 Å². The van der Waals surface area contributed by atoms with Crippen LogP contribution in [0.25, 0.3) is 0 Å². The van der Waals surface area contributed by atoms with Crippen molar-refractivity contribution in [2.75, 3.05) is 17.4 Å². The maximum absolute atomic E-state index is 12.2. The summed E-state index contributed by atoms with van der Waals surface area (Å²) in [6.07, 6.45) is 0.686. The van der Waals surface area contributed by atoms with E-state index in [4.69, 9.17) is 10.5 Å². The van der Waals surface area contributed by atoms with E-state index in [1.165, 1.54) is 4.31 Å². The highest BCUT2D eigenvalue weighted by Crippen LogP contribution is 2.29. The zero-order valence-electron chi connectivity index (χ0n) is 11.2. The van der Waals surface area contributed by atoms with Gasteiger partial charge < -0.3 is 10.5 Å². The fourth-order valence-electron chi connectivity index (χ4n) is 2.20. The highest BCUT2D eigenvalue weighted by Gasteiger charge is 2.37. The van der Waals surface area contributed by atoms with Crippen molar-refractivity contribution < 1.29 is 13.2 Å². The number of anilines is 1. The van der Waals surface area contributed by atoms with E-state index in [1.54, 1.807) is 24.3 Å². The average molecular weight is 284 g/mol. The Kier molecular flexibility index (Phi) is 4.01. The van der Waals surface area contributed by atoms with E-state index >= 15 is 0 Å². The van der Waals surface area contributed by atoms with Crippen LogP contribution < -0.4 is 14.8 Å². The third-order valence-corrected chi connectivity index (χ3v) is 5.42. The summed E-state index contributed by atoms with van der Waals surface area (Å²) in [6.45, 7) is 4.57. The van der Waals surface area contributed by atoms with Crippen molar-refractivity contribution >= 4 is 15.7 Å². The van der Waals surface area contributed by atoms with Gasteiger partial charge in [-0.25, -0.2) is 8.42 Å². The van der Waals surface area contributed by atoms with Gasteiger partial charge in [-0.3, -0.25) is 4.31 Å². The SMILES string of the molecule is CC(C)Oc1ccc(N2CC[C@H](CN)S2(=O)=O)cc1. The molecular formula is C13H20N2O3S. The quantitative estimate of drug-likeness (QED) is 0.905. The monoisotopic (exact) mass is 284 g/mol. The lowest BCUT2D eigenvalue weighted by molar-refractivity contribution is 0.242. The van der Waals surface area contributed by atoms with Crippen LogP contribution in [0.2, 0.25) is 0 Å². The molecule has 1 heterocycles. The smallest absolute Gasteiger partial charge is 0.239 e. The van der Waals surface area contributed by atoms with Gasteiger partial charge in [0.2, 0.25) is 10.0 Å². The predicted octanol–water partition coefficient (Wildman–Crippen LogP) is 1.34. The van der Waals surface area contributed by atoms with Crippen molar-refractivity contribution in [3.63, 3.8) is 0 Å². The molecule has 1 aliphatic rings. The maximum Gasteiger partial charge on any atom is 0.239 e. The van der Waals surface area contributed by atoms with Crippen LogP contribution in [0.5, 0.6) is 5.75 Å². The molecule has 1 saturated heterocycles. The molecule has 0 aliphatic carbocycles. The lowest BCUT2D eigenvalue weighted by atomic mass is 10.2. The Hall–Kier alpha value is -1.27. The summed E-state index contributed by atoms with van der Waals surface area (Å²) in [6, 6.07) is 7.13. The zero-order valence-corrected chi connectivity index (χ0v) is 12.1. The molecule has 0 unspecified atom stereocenters. The molecule has 5 nitrogen and oxygen atoms in total. The van der Waals surface area contributed by atoms with E-state index < -0.39 is 15.3 Å². The highest BCUT2D eigenvalue weighted by atomic mass is 32.2. The molecular weight excluding hydrogens is 264 g/mol. The lowest BCUT2D eigenvalue weighted by Gasteiger charge is -2.19. The number of hydrogen-bond donors (Lipinski definition) is 1. The fourth-order valence-corrected chi connectivity index (χ4v) is 3.98. The third kappa shape index (κ3) is 2.84. The summed E-state index contributed by atoms with van der Waals surface area (Å²) in [5.74, 6) is 0.741. The standard InChI is InChI=1S/C13H20N2O3S/c1-10(2)18-12-5-3-11(4-6-12)15-8-7-13(9-14)19(15,16)17/h3-6,10,13H,7-9,14H2,1-2H3/t13-/m1/s1. The van der Waals surface area contributed by atoms with Crippen LogP contribution in [0.3, 0.4) is 0 Å². The predicted molar refractivity (Wildman–Crippen MR) is 75.9 cm³/mol. The number of benzene rings is 1. The molecule has 106 valence electrons. The van der Waals surface area contributed by atoms with E-state index in [0.717, 1.165) is 5.75 Å². The zero-order chi connectivity index (χ0) is 14.0. The van der Waals surface area contributed by atoms with Crippen molar-refractivity contribution in [1.29, 1.82) is 0 Å². The number of ether oxygens (including phenoxy) is 1. The molecule has 2 rings (SSSR count). The van der Waals surface area contributed by atoms with Crippen LogP contribution in [-0.2, 0) is 10.0 Å². The number of sulfonamides is 1. The Bertz CT molecular complexity index is 525. The van der Waals surface area contributed by atoms with Gasteiger partial charge in [0.25, 0.3) is 0 Å². The number of nitrogens with zero attached hydrogens (tertiary/aromatic N) is 1. The maximum atomic E-state index is 12.2.